The summed E-state index contributed by atoms with van der Waals surface area (Å²) in [6, 6.07) is 19.2. The summed E-state index contributed by atoms with van der Waals surface area (Å²) in [5.74, 6) is 0. The molecule has 0 saturated carbocycles. The summed E-state index contributed by atoms with van der Waals surface area (Å²) in [7, 11) is 0. The van der Waals surface area contributed by atoms with Crippen molar-refractivity contribution in [2.45, 2.75) is 12.6 Å². The third-order valence-electron chi connectivity index (χ3n) is 3.76. The molecule has 1 aliphatic rings. The van der Waals surface area contributed by atoms with Crippen molar-refractivity contribution in [3.05, 3.63) is 70.7 Å². The van der Waals surface area contributed by atoms with E-state index in [0.29, 0.717) is 6.04 Å². The van der Waals surface area contributed by atoms with Gasteiger partial charge in [-0.2, -0.15) is 0 Å². The second-order valence-electron chi connectivity index (χ2n) is 5.28. The van der Waals surface area contributed by atoms with Gasteiger partial charge in [-0.25, -0.2) is 0 Å². The molecule has 1 heterocycles. The third kappa shape index (κ3) is 3.40. The molecule has 104 valence electrons. The quantitative estimate of drug-likeness (QED) is 0.929. The summed E-state index contributed by atoms with van der Waals surface area (Å²) in [5.41, 5.74) is 2.65. The van der Waals surface area contributed by atoms with Gasteiger partial charge in [-0.3, -0.25) is 4.90 Å². The highest BCUT2D eigenvalue weighted by molar-refractivity contribution is 6.30. The summed E-state index contributed by atoms with van der Waals surface area (Å²) in [6.07, 6.45) is 0. The van der Waals surface area contributed by atoms with Crippen LogP contribution in [0.1, 0.15) is 17.2 Å². The molecule has 20 heavy (non-hydrogen) atoms. The number of benzene rings is 2. The van der Waals surface area contributed by atoms with Crippen molar-refractivity contribution in [2.24, 2.45) is 0 Å². The first-order chi connectivity index (χ1) is 9.81. The molecule has 0 aromatic heterocycles. The monoisotopic (exact) mass is 286 g/mol. The molecular formula is C17H19ClN2. The van der Waals surface area contributed by atoms with E-state index in [0.717, 1.165) is 31.2 Å². The molecule has 0 bridgehead atoms. The fourth-order valence-electron chi connectivity index (χ4n) is 2.74. The number of halogens is 1. The molecule has 1 aliphatic heterocycles. The maximum Gasteiger partial charge on any atom is 0.0450 e. The molecule has 2 aromatic rings. The van der Waals surface area contributed by atoms with Crippen LogP contribution >= 0.6 is 11.6 Å². The van der Waals surface area contributed by atoms with Crippen LogP contribution in [0.3, 0.4) is 0 Å². The zero-order chi connectivity index (χ0) is 13.8. The number of nitrogens with one attached hydrogen (secondary N) is 1. The largest absolute Gasteiger partial charge is 0.308 e. The Bertz CT molecular complexity index is 556. The molecule has 2 nitrogen and oxygen atoms in total. The SMILES string of the molecule is Clc1cccc(C2CN(Cc3ccccc3)CCN2)c1. The van der Waals surface area contributed by atoms with Crippen LogP contribution in [0.5, 0.6) is 0 Å². The van der Waals surface area contributed by atoms with Crippen molar-refractivity contribution in [1.29, 1.82) is 0 Å². The van der Waals surface area contributed by atoms with Crippen LogP contribution < -0.4 is 5.32 Å². The van der Waals surface area contributed by atoms with Crippen LogP contribution in [0.4, 0.5) is 0 Å². The van der Waals surface area contributed by atoms with Crippen molar-refractivity contribution in [3.8, 4) is 0 Å². The van der Waals surface area contributed by atoms with Crippen molar-refractivity contribution in [2.75, 3.05) is 19.6 Å². The van der Waals surface area contributed by atoms with E-state index in [2.05, 4.69) is 52.7 Å². The van der Waals surface area contributed by atoms with Gasteiger partial charge in [0.15, 0.2) is 0 Å². The van der Waals surface area contributed by atoms with Gasteiger partial charge in [0, 0.05) is 37.2 Å². The number of hydrogen-bond donors (Lipinski definition) is 1. The Kier molecular flexibility index (Phi) is 4.36. The molecule has 0 amide bonds. The molecule has 1 unspecified atom stereocenters. The molecular weight excluding hydrogens is 268 g/mol. The van der Waals surface area contributed by atoms with Gasteiger partial charge in [0.2, 0.25) is 0 Å². The Balaban J connectivity index is 1.67. The normalized spacial score (nSPS) is 19.9. The van der Waals surface area contributed by atoms with Crippen LogP contribution in [0, 0.1) is 0 Å². The number of hydrogen-bond acceptors (Lipinski definition) is 2. The Morgan fingerprint density at radius 1 is 1.10 bits per heavy atom. The lowest BCUT2D eigenvalue weighted by atomic mass is 10.0. The topological polar surface area (TPSA) is 15.3 Å². The molecule has 0 radical (unpaired) electrons. The lowest BCUT2D eigenvalue weighted by Crippen LogP contribution is -2.45. The second-order valence-corrected chi connectivity index (χ2v) is 5.72. The molecule has 0 spiro atoms. The maximum absolute atomic E-state index is 6.09. The molecule has 1 N–H and O–H groups in total. The van der Waals surface area contributed by atoms with Crippen molar-refractivity contribution in [1.82, 2.24) is 10.2 Å². The molecule has 1 fully saturated rings. The highest BCUT2D eigenvalue weighted by Gasteiger charge is 2.20. The van der Waals surface area contributed by atoms with Crippen molar-refractivity contribution in [3.63, 3.8) is 0 Å². The number of rotatable bonds is 3. The predicted molar refractivity (Wildman–Crippen MR) is 83.9 cm³/mol. The smallest absolute Gasteiger partial charge is 0.0450 e. The predicted octanol–water partition coefficient (Wildman–Crippen LogP) is 3.49. The standard InChI is InChI=1S/C17H19ClN2/c18-16-8-4-7-15(11-16)17-13-20(10-9-19-17)12-14-5-2-1-3-6-14/h1-8,11,17,19H,9-10,12-13H2. The van der Waals surface area contributed by atoms with E-state index < -0.39 is 0 Å². The number of nitrogens with zero attached hydrogens (tertiary/aromatic N) is 1. The average molecular weight is 287 g/mol. The Morgan fingerprint density at radius 2 is 1.95 bits per heavy atom. The summed E-state index contributed by atoms with van der Waals surface area (Å²) in [5, 5.41) is 4.39. The van der Waals surface area contributed by atoms with E-state index >= 15 is 0 Å². The van der Waals surface area contributed by atoms with E-state index in [1.807, 2.05) is 12.1 Å². The summed E-state index contributed by atoms with van der Waals surface area (Å²) in [4.78, 5) is 2.50. The first kappa shape index (κ1) is 13.6. The Morgan fingerprint density at radius 3 is 2.75 bits per heavy atom. The lowest BCUT2D eigenvalue weighted by Gasteiger charge is -2.34. The van der Waals surface area contributed by atoms with Crippen LogP contribution in [-0.4, -0.2) is 24.5 Å². The van der Waals surface area contributed by atoms with Gasteiger partial charge in [0.05, 0.1) is 0 Å². The highest BCUT2D eigenvalue weighted by Crippen LogP contribution is 2.21. The van der Waals surface area contributed by atoms with E-state index in [-0.39, 0.29) is 0 Å². The van der Waals surface area contributed by atoms with E-state index in [1.54, 1.807) is 0 Å². The van der Waals surface area contributed by atoms with Crippen molar-refractivity contribution >= 4 is 11.6 Å². The second kappa shape index (κ2) is 6.40. The van der Waals surface area contributed by atoms with Crippen molar-refractivity contribution < 1.29 is 0 Å². The first-order valence-corrected chi connectivity index (χ1v) is 7.44. The Labute approximate surface area is 125 Å². The maximum atomic E-state index is 6.09. The zero-order valence-corrected chi connectivity index (χ0v) is 12.2. The summed E-state index contributed by atoms with van der Waals surface area (Å²) in [6.45, 7) is 4.14. The fourth-order valence-corrected chi connectivity index (χ4v) is 2.94. The summed E-state index contributed by atoms with van der Waals surface area (Å²) >= 11 is 6.09. The molecule has 0 aliphatic carbocycles. The summed E-state index contributed by atoms with van der Waals surface area (Å²) < 4.78 is 0. The number of piperazine rings is 1. The van der Waals surface area contributed by atoms with Gasteiger partial charge >= 0.3 is 0 Å². The lowest BCUT2D eigenvalue weighted by molar-refractivity contribution is 0.193. The zero-order valence-electron chi connectivity index (χ0n) is 11.4. The van der Waals surface area contributed by atoms with E-state index in [4.69, 9.17) is 11.6 Å². The molecule has 1 atom stereocenters. The third-order valence-corrected chi connectivity index (χ3v) is 3.99. The van der Waals surface area contributed by atoms with Gasteiger partial charge in [0.25, 0.3) is 0 Å². The minimum atomic E-state index is 0.367. The van der Waals surface area contributed by atoms with Gasteiger partial charge in [-0.15, -0.1) is 0 Å². The van der Waals surface area contributed by atoms with Crippen LogP contribution in [-0.2, 0) is 6.54 Å². The van der Waals surface area contributed by atoms with Crippen LogP contribution in [0.2, 0.25) is 5.02 Å². The van der Waals surface area contributed by atoms with Gasteiger partial charge in [-0.1, -0.05) is 54.1 Å². The van der Waals surface area contributed by atoms with Crippen LogP contribution in [0.15, 0.2) is 54.6 Å². The fraction of sp³-hybridized carbons (Fsp3) is 0.294. The molecule has 2 aromatic carbocycles. The van der Waals surface area contributed by atoms with Gasteiger partial charge in [-0.05, 0) is 23.3 Å². The minimum absolute atomic E-state index is 0.367. The van der Waals surface area contributed by atoms with E-state index in [1.165, 1.54) is 11.1 Å². The molecule has 3 rings (SSSR count). The first-order valence-electron chi connectivity index (χ1n) is 7.06. The minimum Gasteiger partial charge on any atom is -0.308 e. The highest BCUT2D eigenvalue weighted by atomic mass is 35.5. The Hall–Kier alpha value is -1.35. The molecule has 3 heteroatoms. The average Bonchev–Trinajstić information content (AvgIpc) is 2.49. The van der Waals surface area contributed by atoms with E-state index in [9.17, 15) is 0 Å². The molecule has 1 saturated heterocycles. The van der Waals surface area contributed by atoms with Gasteiger partial charge < -0.3 is 5.32 Å². The van der Waals surface area contributed by atoms with Gasteiger partial charge in [0.1, 0.15) is 0 Å². The van der Waals surface area contributed by atoms with Crippen LogP contribution in [0.25, 0.3) is 0 Å².